The first-order valence-corrected chi connectivity index (χ1v) is 7.32. The fraction of sp³-hybridized carbons (Fsp3) is 0.667. The van der Waals surface area contributed by atoms with Gasteiger partial charge in [0.25, 0.3) is 0 Å². The van der Waals surface area contributed by atoms with Crippen LogP contribution in [-0.4, -0.2) is 44.7 Å². The molecule has 0 aromatic carbocycles. The van der Waals surface area contributed by atoms with Crippen LogP contribution in [0.3, 0.4) is 0 Å². The third kappa shape index (κ3) is 3.62. The molecular weight excluding hydrogens is 270 g/mol. The molecule has 0 bridgehead atoms. The number of ether oxygens (including phenoxy) is 1. The van der Waals surface area contributed by atoms with E-state index in [1.165, 1.54) is 0 Å². The van der Waals surface area contributed by atoms with Gasteiger partial charge in [-0.1, -0.05) is 0 Å². The summed E-state index contributed by atoms with van der Waals surface area (Å²) in [6, 6.07) is 0.886. The number of hydrogen-bond donors (Lipinski definition) is 0. The molecular formula is C15H23N3O3. The molecule has 116 valence electrons. The van der Waals surface area contributed by atoms with Gasteiger partial charge in [-0.3, -0.25) is 9.48 Å². The Morgan fingerprint density at radius 1 is 1.38 bits per heavy atom. The molecule has 0 radical (unpaired) electrons. The summed E-state index contributed by atoms with van der Waals surface area (Å²) >= 11 is 0. The monoisotopic (exact) mass is 293 g/mol. The highest BCUT2D eigenvalue weighted by Gasteiger charge is 2.38. The number of aromatic nitrogens is 2. The summed E-state index contributed by atoms with van der Waals surface area (Å²) in [4.78, 5) is 26.5. The molecule has 2 rings (SSSR count). The molecule has 6 heteroatoms. The Labute approximate surface area is 125 Å². The van der Waals surface area contributed by atoms with Gasteiger partial charge in [0.1, 0.15) is 17.7 Å². The Hall–Kier alpha value is -1.85. The second-order valence-corrected chi connectivity index (χ2v) is 6.39. The van der Waals surface area contributed by atoms with Crippen LogP contribution in [-0.2, 0) is 14.3 Å². The summed E-state index contributed by atoms with van der Waals surface area (Å²) in [5.41, 5.74) is -0.540. The van der Waals surface area contributed by atoms with Gasteiger partial charge in [0.15, 0.2) is 0 Å². The van der Waals surface area contributed by atoms with Crippen molar-refractivity contribution in [2.24, 2.45) is 0 Å². The average Bonchev–Trinajstić information content (AvgIpc) is 3.05. The third-order valence-corrected chi connectivity index (χ3v) is 3.49. The van der Waals surface area contributed by atoms with Crippen LogP contribution in [0, 0.1) is 0 Å². The van der Waals surface area contributed by atoms with Crippen molar-refractivity contribution in [1.82, 2.24) is 14.7 Å². The smallest absolute Gasteiger partial charge is 0.329 e. The maximum absolute atomic E-state index is 12.6. The summed E-state index contributed by atoms with van der Waals surface area (Å²) in [6.45, 7) is 7.88. The van der Waals surface area contributed by atoms with Gasteiger partial charge in [-0.05, 0) is 46.6 Å². The van der Waals surface area contributed by atoms with Gasteiger partial charge in [-0.25, -0.2) is 4.79 Å². The number of carbonyl (C=O) groups is 2. The molecule has 1 aromatic rings. The second-order valence-electron chi connectivity index (χ2n) is 6.39. The van der Waals surface area contributed by atoms with Crippen LogP contribution in [0.25, 0.3) is 0 Å². The topological polar surface area (TPSA) is 64.4 Å². The van der Waals surface area contributed by atoms with Gasteiger partial charge in [0.05, 0.1) is 0 Å². The van der Waals surface area contributed by atoms with Crippen LogP contribution >= 0.6 is 0 Å². The van der Waals surface area contributed by atoms with Crippen molar-refractivity contribution in [2.75, 3.05) is 6.54 Å². The number of esters is 1. The Balaban J connectivity index is 2.08. The van der Waals surface area contributed by atoms with Crippen LogP contribution in [0.5, 0.6) is 0 Å². The van der Waals surface area contributed by atoms with Gasteiger partial charge >= 0.3 is 5.97 Å². The minimum absolute atomic E-state index is 0.0907. The molecule has 2 heterocycles. The highest BCUT2D eigenvalue weighted by atomic mass is 16.6. The zero-order valence-electron chi connectivity index (χ0n) is 13.1. The molecule has 21 heavy (non-hydrogen) atoms. The Morgan fingerprint density at radius 3 is 2.67 bits per heavy atom. The van der Waals surface area contributed by atoms with Crippen molar-refractivity contribution in [3.63, 3.8) is 0 Å². The number of nitrogens with zero attached hydrogens (tertiary/aromatic N) is 3. The van der Waals surface area contributed by atoms with Gasteiger partial charge < -0.3 is 9.64 Å². The Bertz CT molecular complexity index is 505. The Morgan fingerprint density at radius 2 is 2.10 bits per heavy atom. The number of likely N-dealkylation sites (tertiary alicyclic amines) is 1. The lowest BCUT2D eigenvalue weighted by Crippen LogP contribution is -2.45. The molecule has 0 spiro atoms. The number of hydrogen-bond acceptors (Lipinski definition) is 4. The molecule has 1 aliphatic heterocycles. The highest BCUT2D eigenvalue weighted by molar-refractivity contribution is 5.87. The number of rotatable bonds is 3. The lowest BCUT2D eigenvalue weighted by molar-refractivity contribution is -0.163. The van der Waals surface area contributed by atoms with E-state index >= 15 is 0 Å². The lowest BCUT2D eigenvalue weighted by Gasteiger charge is -2.29. The van der Waals surface area contributed by atoms with Gasteiger partial charge in [-0.15, -0.1) is 0 Å². The van der Waals surface area contributed by atoms with E-state index in [2.05, 4.69) is 5.10 Å². The van der Waals surface area contributed by atoms with Crippen LogP contribution in [0.4, 0.5) is 0 Å². The van der Waals surface area contributed by atoms with Crippen molar-refractivity contribution in [2.45, 2.75) is 58.2 Å². The van der Waals surface area contributed by atoms with E-state index in [4.69, 9.17) is 4.74 Å². The molecule has 1 fully saturated rings. The number of carbonyl (C=O) groups excluding carboxylic acids is 2. The minimum atomic E-state index is -0.540. The van der Waals surface area contributed by atoms with Crippen molar-refractivity contribution in [3.8, 4) is 0 Å². The molecule has 2 atom stereocenters. The summed E-state index contributed by atoms with van der Waals surface area (Å²) in [5, 5.41) is 4.09. The summed E-state index contributed by atoms with van der Waals surface area (Å²) < 4.78 is 7.02. The zero-order valence-corrected chi connectivity index (χ0v) is 13.1. The molecule has 0 aliphatic carbocycles. The third-order valence-electron chi connectivity index (χ3n) is 3.49. The van der Waals surface area contributed by atoms with E-state index in [1.807, 2.05) is 20.8 Å². The minimum Gasteiger partial charge on any atom is -0.458 e. The molecule has 0 N–H and O–H groups in total. The predicted octanol–water partition coefficient (Wildman–Crippen LogP) is 1.78. The first-order chi connectivity index (χ1) is 9.79. The molecule has 0 saturated carbocycles. The van der Waals surface area contributed by atoms with E-state index in [9.17, 15) is 9.59 Å². The Kier molecular flexibility index (Phi) is 4.34. The van der Waals surface area contributed by atoms with E-state index in [-0.39, 0.29) is 11.9 Å². The van der Waals surface area contributed by atoms with Crippen LogP contribution in [0.2, 0.25) is 0 Å². The molecule has 1 amide bonds. The van der Waals surface area contributed by atoms with Crippen molar-refractivity contribution >= 4 is 11.9 Å². The average molecular weight is 293 g/mol. The van der Waals surface area contributed by atoms with Crippen molar-refractivity contribution < 1.29 is 14.3 Å². The summed E-state index contributed by atoms with van der Waals surface area (Å²) in [7, 11) is 0. The second kappa shape index (κ2) is 5.87. The maximum Gasteiger partial charge on any atom is 0.329 e. The molecule has 1 unspecified atom stereocenters. The van der Waals surface area contributed by atoms with Crippen molar-refractivity contribution in [3.05, 3.63) is 18.5 Å². The highest BCUT2D eigenvalue weighted by Crippen LogP contribution is 2.24. The summed E-state index contributed by atoms with van der Waals surface area (Å²) in [5.74, 6) is -0.409. The van der Waals surface area contributed by atoms with Crippen molar-refractivity contribution in [1.29, 1.82) is 0 Å². The van der Waals surface area contributed by atoms with E-state index < -0.39 is 17.7 Å². The number of amides is 1. The van der Waals surface area contributed by atoms with Gasteiger partial charge in [-0.2, -0.15) is 5.10 Å². The molecule has 1 aromatic heterocycles. The first kappa shape index (κ1) is 15.5. The van der Waals surface area contributed by atoms with E-state index in [0.29, 0.717) is 13.0 Å². The molecule has 1 saturated heterocycles. The quantitative estimate of drug-likeness (QED) is 0.797. The van der Waals surface area contributed by atoms with E-state index in [1.54, 1.807) is 35.0 Å². The normalized spacial score (nSPS) is 20.4. The SMILES string of the molecule is CC(C(=O)N1CCC[C@@H]1C(=O)OC(C)(C)C)n1cccn1. The largest absolute Gasteiger partial charge is 0.458 e. The lowest BCUT2D eigenvalue weighted by atomic mass is 10.1. The van der Waals surface area contributed by atoms with Gasteiger partial charge in [0, 0.05) is 18.9 Å². The van der Waals surface area contributed by atoms with Crippen LogP contribution in [0.1, 0.15) is 46.6 Å². The molecule has 1 aliphatic rings. The van der Waals surface area contributed by atoms with Crippen LogP contribution < -0.4 is 0 Å². The molecule has 6 nitrogen and oxygen atoms in total. The van der Waals surface area contributed by atoms with Gasteiger partial charge in [0.2, 0.25) is 5.91 Å². The standard InChI is InChI=1S/C15H23N3O3/c1-11(18-10-6-8-16-18)13(19)17-9-5-7-12(17)14(20)21-15(2,3)4/h6,8,10-12H,5,7,9H2,1-4H3/t11?,12-/m1/s1. The van der Waals surface area contributed by atoms with Crippen LogP contribution in [0.15, 0.2) is 18.5 Å². The predicted molar refractivity (Wildman–Crippen MR) is 77.5 cm³/mol. The first-order valence-electron chi connectivity index (χ1n) is 7.32. The van der Waals surface area contributed by atoms with E-state index in [0.717, 1.165) is 6.42 Å². The zero-order chi connectivity index (χ0) is 15.6. The fourth-order valence-corrected chi connectivity index (χ4v) is 2.51. The fourth-order valence-electron chi connectivity index (χ4n) is 2.51. The maximum atomic E-state index is 12.6. The summed E-state index contributed by atoms with van der Waals surface area (Å²) in [6.07, 6.45) is 4.87.